The number of nitrogens with zero attached hydrogens (tertiary/aromatic N) is 3. The van der Waals surface area contributed by atoms with Gasteiger partial charge in [0.1, 0.15) is 0 Å². The van der Waals surface area contributed by atoms with Crippen LogP contribution in [0.2, 0.25) is 0 Å². The van der Waals surface area contributed by atoms with Crippen LogP contribution in [0.15, 0.2) is 0 Å². The minimum absolute atomic E-state index is 0.795. The fourth-order valence-electron chi connectivity index (χ4n) is 8.06. The summed E-state index contributed by atoms with van der Waals surface area (Å²) in [5.74, 6) is 0. The summed E-state index contributed by atoms with van der Waals surface area (Å²) in [7, 11) is -0.795. The van der Waals surface area contributed by atoms with E-state index in [0.717, 1.165) is 24.2 Å². The van der Waals surface area contributed by atoms with Crippen molar-refractivity contribution in [2.24, 2.45) is 0 Å². The Morgan fingerprint density at radius 2 is 0.656 bits per heavy atom. The summed E-state index contributed by atoms with van der Waals surface area (Å²) >= 11 is 0. The molecule has 0 aromatic rings. The van der Waals surface area contributed by atoms with Crippen LogP contribution in [0.25, 0.3) is 0 Å². The zero-order chi connectivity index (χ0) is 21.6. The standard InChI is InChI=1S/C28H52N3Si/c1-5-15-25(16-6-1)30(26-17-7-2-8-18-26)32(29-23-13-14-24-29)31(27-19-9-3-10-20-27)28-21-11-4-12-22-28/h25-28H,1-24H2. The quantitative estimate of drug-likeness (QED) is 0.380. The molecular formula is C28H52N3Si. The lowest BCUT2D eigenvalue weighted by molar-refractivity contribution is 0.0892. The van der Waals surface area contributed by atoms with Crippen LogP contribution < -0.4 is 0 Å². The van der Waals surface area contributed by atoms with Crippen LogP contribution in [0.5, 0.6) is 0 Å². The Bertz CT molecular complexity index is 451. The van der Waals surface area contributed by atoms with Gasteiger partial charge in [0.2, 0.25) is 0 Å². The summed E-state index contributed by atoms with van der Waals surface area (Å²) in [5.41, 5.74) is 0. The van der Waals surface area contributed by atoms with Crippen molar-refractivity contribution in [3.63, 3.8) is 0 Å². The maximum Gasteiger partial charge on any atom is 0.328 e. The fraction of sp³-hybridized carbons (Fsp3) is 1.00. The third-order valence-corrected chi connectivity index (χ3v) is 13.1. The first-order valence-corrected chi connectivity index (χ1v) is 16.4. The third kappa shape index (κ3) is 5.66. The van der Waals surface area contributed by atoms with Crippen LogP contribution in [-0.4, -0.2) is 60.2 Å². The Balaban J connectivity index is 1.50. The van der Waals surface area contributed by atoms with Gasteiger partial charge in [-0.05, 0) is 77.3 Å². The van der Waals surface area contributed by atoms with E-state index in [0.29, 0.717) is 0 Å². The summed E-state index contributed by atoms with van der Waals surface area (Å²) in [6.45, 7) is 2.81. The zero-order valence-corrected chi connectivity index (χ0v) is 22.1. The van der Waals surface area contributed by atoms with Crippen molar-refractivity contribution in [2.45, 2.75) is 165 Å². The molecule has 32 heavy (non-hydrogen) atoms. The van der Waals surface area contributed by atoms with Gasteiger partial charge in [0.15, 0.2) is 0 Å². The maximum absolute atomic E-state index is 3.33. The van der Waals surface area contributed by atoms with Crippen molar-refractivity contribution in [2.75, 3.05) is 13.1 Å². The van der Waals surface area contributed by atoms with E-state index in [4.69, 9.17) is 0 Å². The molecule has 5 aliphatic rings. The van der Waals surface area contributed by atoms with Gasteiger partial charge in [-0.1, -0.05) is 77.0 Å². The van der Waals surface area contributed by atoms with E-state index < -0.39 is 9.28 Å². The van der Waals surface area contributed by atoms with Crippen LogP contribution >= 0.6 is 0 Å². The maximum atomic E-state index is 3.33. The van der Waals surface area contributed by atoms with Crippen molar-refractivity contribution in [3.05, 3.63) is 0 Å². The zero-order valence-electron chi connectivity index (χ0n) is 21.1. The molecule has 1 saturated heterocycles. The van der Waals surface area contributed by atoms with E-state index in [1.807, 2.05) is 0 Å². The Labute approximate surface area is 201 Å². The highest BCUT2D eigenvalue weighted by atomic mass is 28.3. The highest BCUT2D eigenvalue weighted by molar-refractivity contribution is 6.50. The van der Waals surface area contributed by atoms with E-state index in [2.05, 4.69) is 13.7 Å². The first-order chi connectivity index (χ1) is 15.9. The minimum atomic E-state index is -0.795. The minimum Gasteiger partial charge on any atom is -0.299 e. The second kappa shape index (κ2) is 12.2. The van der Waals surface area contributed by atoms with Crippen molar-refractivity contribution in [1.29, 1.82) is 0 Å². The number of rotatable bonds is 7. The van der Waals surface area contributed by atoms with Crippen LogP contribution in [0.3, 0.4) is 0 Å². The van der Waals surface area contributed by atoms with E-state index in [-0.39, 0.29) is 0 Å². The Morgan fingerprint density at radius 1 is 0.375 bits per heavy atom. The SMILES string of the molecule is C1CCC(N(C2CCCCC2)[Si](N2CCCC2)N(C2CCCCC2)C2CCCCC2)CC1. The van der Waals surface area contributed by atoms with E-state index in [9.17, 15) is 0 Å². The lowest BCUT2D eigenvalue weighted by Gasteiger charge is -2.55. The molecule has 0 N–H and O–H groups in total. The Morgan fingerprint density at radius 3 is 0.938 bits per heavy atom. The van der Waals surface area contributed by atoms with Gasteiger partial charge in [-0.2, -0.15) is 0 Å². The molecule has 1 aliphatic heterocycles. The molecule has 5 fully saturated rings. The highest BCUT2D eigenvalue weighted by Gasteiger charge is 2.47. The molecule has 0 spiro atoms. The molecule has 0 amide bonds. The van der Waals surface area contributed by atoms with Crippen molar-refractivity contribution < 1.29 is 0 Å². The molecule has 0 unspecified atom stereocenters. The van der Waals surface area contributed by atoms with Crippen LogP contribution in [0.1, 0.15) is 141 Å². The van der Waals surface area contributed by atoms with Gasteiger partial charge in [0.05, 0.1) is 0 Å². The summed E-state index contributed by atoms with van der Waals surface area (Å²) in [4.78, 5) is 0. The van der Waals surface area contributed by atoms with E-state index >= 15 is 0 Å². The molecule has 0 atom stereocenters. The molecule has 4 heteroatoms. The molecule has 0 bridgehead atoms. The molecule has 0 aromatic carbocycles. The summed E-state index contributed by atoms with van der Waals surface area (Å²) in [6, 6.07) is 3.60. The van der Waals surface area contributed by atoms with Crippen LogP contribution in [0.4, 0.5) is 0 Å². The molecule has 4 saturated carbocycles. The molecular weight excluding hydrogens is 406 g/mol. The predicted molar refractivity (Wildman–Crippen MR) is 138 cm³/mol. The van der Waals surface area contributed by atoms with Gasteiger partial charge in [0.25, 0.3) is 0 Å². The van der Waals surface area contributed by atoms with Crippen molar-refractivity contribution >= 4 is 9.28 Å². The molecule has 3 nitrogen and oxygen atoms in total. The smallest absolute Gasteiger partial charge is 0.299 e. The second-order valence-electron chi connectivity index (χ2n) is 12.0. The molecule has 1 radical (unpaired) electrons. The lowest BCUT2D eigenvalue weighted by atomic mass is 9.90. The van der Waals surface area contributed by atoms with Crippen LogP contribution in [0, 0.1) is 0 Å². The molecule has 1 heterocycles. The van der Waals surface area contributed by atoms with Crippen LogP contribution in [-0.2, 0) is 0 Å². The average molecular weight is 459 g/mol. The molecule has 4 aliphatic carbocycles. The normalized spacial score (nSPS) is 29.0. The van der Waals surface area contributed by atoms with Gasteiger partial charge in [-0.25, -0.2) is 0 Å². The third-order valence-electron chi connectivity index (χ3n) is 9.72. The lowest BCUT2D eigenvalue weighted by Crippen LogP contribution is -2.71. The summed E-state index contributed by atoms with van der Waals surface area (Å²) in [5, 5.41) is 0. The largest absolute Gasteiger partial charge is 0.328 e. The molecule has 183 valence electrons. The number of hydrogen-bond donors (Lipinski definition) is 0. The average Bonchev–Trinajstić information content (AvgIpc) is 3.41. The highest BCUT2D eigenvalue weighted by Crippen LogP contribution is 2.38. The van der Waals surface area contributed by atoms with Gasteiger partial charge in [0, 0.05) is 24.2 Å². The van der Waals surface area contributed by atoms with Gasteiger partial charge >= 0.3 is 9.28 Å². The first-order valence-electron chi connectivity index (χ1n) is 15.1. The predicted octanol–water partition coefficient (Wildman–Crippen LogP) is 7.00. The monoisotopic (exact) mass is 458 g/mol. The second-order valence-corrected chi connectivity index (χ2v) is 14.2. The fourth-order valence-corrected chi connectivity index (χ4v) is 12.0. The van der Waals surface area contributed by atoms with E-state index in [1.54, 1.807) is 0 Å². The first kappa shape index (κ1) is 23.8. The van der Waals surface area contributed by atoms with E-state index in [1.165, 1.54) is 154 Å². The van der Waals surface area contributed by atoms with Gasteiger partial charge in [-0.15, -0.1) is 0 Å². The summed E-state index contributed by atoms with van der Waals surface area (Å²) < 4.78 is 9.77. The number of hydrogen-bond acceptors (Lipinski definition) is 3. The van der Waals surface area contributed by atoms with Crippen molar-refractivity contribution in [1.82, 2.24) is 13.7 Å². The Kier molecular flexibility index (Phi) is 9.06. The summed E-state index contributed by atoms with van der Waals surface area (Å²) in [6.07, 6.45) is 32.9. The molecule has 5 rings (SSSR count). The molecule has 0 aromatic heterocycles. The Hall–Kier alpha value is 0.0969. The topological polar surface area (TPSA) is 9.72 Å². The van der Waals surface area contributed by atoms with Gasteiger partial charge in [-0.3, -0.25) is 13.7 Å². The van der Waals surface area contributed by atoms with Gasteiger partial charge < -0.3 is 0 Å². The van der Waals surface area contributed by atoms with Crippen molar-refractivity contribution in [3.8, 4) is 0 Å².